The number of furan rings is 1. The van der Waals surface area contributed by atoms with Crippen molar-refractivity contribution >= 4 is 5.97 Å². The van der Waals surface area contributed by atoms with Gasteiger partial charge in [-0.1, -0.05) is 6.42 Å². The molecule has 0 aliphatic heterocycles. The van der Waals surface area contributed by atoms with Crippen LogP contribution in [-0.4, -0.2) is 31.3 Å². The predicted molar refractivity (Wildman–Crippen MR) is 74.4 cm³/mol. The molecule has 20 heavy (non-hydrogen) atoms. The molecule has 1 aromatic heterocycles. The van der Waals surface area contributed by atoms with Crippen molar-refractivity contribution in [3.63, 3.8) is 0 Å². The summed E-state index contributed by atoms with van der Waals surface area (Å²) in [6, 6.07) is 1.73. The Kier molecular flexibility index (Phi) is 5.20. The van der Waals surface area contributed by atoms with Crippen molar-refractivity contribution in [2.75, 3.05) is 20.3 Å². The maximum atomic E-state index is 11.5. The van der Waals surface area contributed by atoms with Crippen LogP contribution in [0.4, 0.5) is 0 Å². The van der Waals surface area contributed by atoms with Crippen LogP contribution in [0.2, 0.25) is 0 Å². The van der Waals surface area contributed by atoms with E-state index in [0.717, 1.165) is 18.7 Å². The highest BCUT2D eigenvalue weighted by Gasteiger charge is 2.26. The van der Waals surface area contributed by atoms with Crippen LogP contribution in [0, 0.1) is 18.8 Å². The summed E-state index contributed by atoms with van der Waals surface area (Å²) in [5.74, 6) is 1.92. The quantitative estimate of drug-likeness (QED) is 0.779. The van der Waals surface area contributed by atoms with E-state index in [1.807, 2.05) is 0 Å². The number of nitrogens with one attached hydrogen (secondary N) is 1. The number of aliphatic hydroxyl groups excluding tert-OH is 1. The molecule has 2 atom stereocenters. The Morgan fingerprint density at radius 2 is 2.25 bits per heavy atom. The summed E-state index contributed by atoms with van der Waals surface area (Å²) in [5, 5.41) is 12.6. The van der Waals surface area contributed by atoms with Gasteiger partial charge in [-0.3, -0.25) is 0 Å². The highest BCUT2D eigenvalue weighted by atomic mass is 16.5. The molecule has 0 spiro atoms. The Hall–Kier alpha value is -1.33. The molecule has 0 aromatic carbocycles. The van der Waals surface area contributed by atoms with E-state index in [4.69, 9.17) is 9.15 Å². The summed E-state index contributed by atoms with van der Waals surface area (Å²) in [6.07, 6.45) is 3.49. The van der Waals surface area contributed by atoms with E-state index in [2.05, 4.69) is 5.32 Å². The molecule has 1 fully saturated rings. The summed E-state index contributed by atoms with van der Waals surface area (Å²) < 4.78 is 10.2. The molecule has 1 aromatic rings. The molecule has 0 saturated heterocycles. The van der Waals surface area contributed by atoms with Crippen LogP contribution < -0.4 is 5.32 Å². The number of hydrogen-bond donors (Lipinski definition) is 2. The van der Waals surface area contributed by atoms with E-state index in [0.29, 0.717) is 29.7 Å². The number of aliphatic hydroxyl groups is 1. The number of methoxy groups -OCH3 is 1. The van der Waals surface area contributed by atoms with Crippen molar-refractivity contribution in [1.29, 1.82) is 0 Å². The minimum atomic E-state index is -0.367. The highest BCUT2D eigenvalue weighted by molar-refractivity contribution is 5.90. The molecular formula is C15H23NO4. The van der Waals surface area contributed by atoms with Gasteiger partial charge in [-0.2, -0.15) is 0 Å². The second-order valence-electron chi connectivity index (χ2n) is 5.44. The van der Waals surface area contributed by atoms with Crippen molar-refractivity contribution in [3.05, 3.63) is 23.2 Å². The van der Waals surface area contributed by atoms with Crippen LogP contribution in [-0.2, 0) is 11.3 Å². The lowest BCUT2D eigenvalue weighted by molar-refractivity contribution is 0.0599. The van der Waals surface area contributed by atoms with Crippen LogP contribution in [0.5, 0.6) is 0 Å². The number of rotatable bonds is 6. The molecule has 1 aliphatic carbocycles. The lowest BCUT2D eigenvalue weighted by atomic mass is 9.97. The van der Waals surface area contributed by atoms with Crippen molar-refractivity contribution in [2.45, 2.75) is 32.7 Å². The zero-order valence-corrected chi connectivity index (χ0v) is 12.1. The summed E-state index contributed by atoms with van der Waals surface area (Å²) in [5.41, 5.74) is 0.485. The smallest absolute Gasteiger partial charge is 0.341 e. The molecule has 0 bridgehead atoms. The van der Waals surface area contributed by atoms with Crippen LogP contribution >= 0.6 is 0 Å². The first-order valence-corrected chi connectivity index (χ1v) is 7.15. The van der Waals surface area contributed by atoms with Gasteiger partial charge in [-0.15, -0.1) is 0 Å². The fraction of sp³-hybridized carbons (Fsp3) is 0.667. The maximum absolute atomic E-state index is 11.5. The van der Waals surface area contributed by atoms with Gasteiger partial charge >= 0.3 is 5.97 Å². The van der Waals surface area contributed by atoms with Gasteiger partial charge in [0.05, 0.1) is 13.7 Å². The van der Waals surface area contributed by atoms with E-state index in [1.165, 1.54) is 20.0 Å². The minimum Gasteiger partial charge on any atom is -0.465 e. The van der Waals surface area contributed by atoms with Gasteiger partial charge in [0.1, 0.15) is 17.1 Å². The van der Waals surface area contributed by atoms with E-state index in [9.17, 15) is 9.90 Å². The Bertz CT molecular complexity index is 455. The first-order chi connectivity index (χ1) is 9.65. The van der Waals surface area contributed by atoms with Gasteiger partial charge in [-0.05, 0) is 44.2 Å². The zero-order valence-electron chi connectivity index (χ0n) is 12.1. The molecule has 1 saturated carbocycles. The van der Waals surface area contributed by atoms with Crippen molar-refractivity contribution in [3.8, 4) is 0 Å². The minimum absolute atomic E-state index is 0.276. The molecule has 0 radical (unpaired) electrons. The number of ether oxygens (including phenoxy) is 1. The Labute approximate surface area is 119 Å². The lowest BCUT2D eigenvalue weighted by Gasteiger charge is -2.17. The Balaban J connectivity index is 1.84. The van der Waals surface area contributed by atoms with Gasteiger partial charge in [0.15, 0.2) is 0 Å². The normalized spacial score (nSPS) is 22.1. The second-order valence-corrected chi connectivity index (χ2v) is 5.44. The average molecular weight is 281 g/mol. The van der Waals surface area contributed by atoms with Crippen molar-refractivity contribution < 1.29 is 19.1 Å². The SMILES string of the molecule is COC(=O)c1cc(CNCC2CCCC2CO)oc1C. The summed E-state index contributed by atoms with van der Waals surface area (Å²) in [4.78, 5) is 11.5. The molecule has 0 amide bonds. The molecule has 1 aliphatic rings. The van der Waals surface area contributed by atoms with E-state index < -0.39 is 0 Å². The van der Waals surface area contributed by atoms with Crippen LogP contribution in [0.1, 0.15) is 41.1 Å². The van der Waals surface area contributed by atoms with Crippen LogP contribution in [0.15, 0.2) is 10.5 Å². The third-order valence-corrected chi connectivity index (χ3v) is 4.13. The van der Waals surface area contributed by atoms with Gasteiger partial charge in [-0.25, -0.2) is 4.79 Å². The fourth-order valence-corrected chi connectivity index (χ4v) is 2.95. The Morgan fingerprint density at radius 1 is 1.50 bits per heavy atom. The second kappa shape index (κ2) is 6.90. The third kappa shape index (κ3) is 3.41. The molecule has 2 N–H and O–H groups in total. The molecule has 2 unspecified atom stereocenters. The average Bonchev–Trinajstić information content (AvgIpc) is 3.04. The zero-order chi connectivity index (χ0) is 14.5. The van der Waals surface area contributed by atoms with Crippen molar-refractivity contribution in [2.24, 2.45) is 11.8 Å². The number of carbonyl (C=O) groups is 1. The predicted octanol–water partition coefficient (Wildman–Crippen LogP) is 1.87. The largest absolute Gasteiger partial charge is 0.465 e. The molecule has 112 valence electrons. The molecule has 2 rings (SSSR count). The van der Waals surface area contributed by atoms with Gasteiger partial charge in [0.2, 0.25) is 0 Å². The molecule has 5 nitrogen and oxygen atoms in total. The van der Waals surface area contributed by atoms with E-state index in [-0.39, 0.29) is 12.6 Å². The monoisotopic (exact) mass is 281 g/mol. The van der Waals surface area contributed by atoms with Crippen molar-refractivity contribution in [1.82, 2.24) is 5.32 Å². The highest BCUT2D eigenvalue weighted by Crippen LogP contribution is 2.30. The molecule has 1 heterocycles. The Morgan fingerprint density at radius 3 is 2.95 bits per heavy atom. The number of carbonyl (C=O) groups excluding carboxylic acids is 1. The van der Waals surface area contributed by atoms with Gasteiger partial charge < -0.3 is 19.6 Å². The summed E-state index contributed by atoms with van der Waals surface area (Å²) >= 11 is 0. The fourth-order valence-electron chi connectivity index (χ4n) is 2.95. The summed E-state index contributed by atoms with van der Waals surface area (Å²) in [7, 11) is 1.36. The maximum Gasteiger partial charge on any atom is 0.341 e. The van der Waals surface area contributed by atoms with Crippen LogP contribution in [0.25, 0.3) is 0 Å². The van der Waals surface area contributed by atoms with E-state index >= 15 is 0 Å². The molecule has 5 heteroatoms. The van der Waals surface area contributed by atoms with E-state index in [1.54, 1.807) is 13.0 Å². The van der Waals surface area contributed by atoms with Crippen LogP contribution in [0.3, 0.4) is 0 Å². The topological polar surface area (TPSA) is 71.7 Å². The number of esters is 1. The molecular weight excluding hydrogens is 258 g/mol. The first kappa shape index (κ1) is 15.1. The lowest BCUT2D eigenvalue weighted by Crippen LogP contribution is -2.26. The number of hydrogen-bond acceptors (Lipinski definition) is 5. The number of aryl methyl sites for hydroxylation is 1. The third-order valence-electron chi connectivity index (χ3n) is 4.13. The standard InChI is InChI=1S/C15H23NO4/c1-10-14(15(18)19-2)6-13(20-10)8-16-7-11-4-3-5-12(11)9-17/h6,11-12,16-17H,3-5,7-9H2,1-2H3. The van der Waals surface area contributed by atoms with Gasteiger partial charge in [0.25, 0.3) is 0 Å². The first-order valence-electron chi connectivity index (χ1n) is 7.15. The van der Waals surface area contributed by atoms with Gasteiger partial charge in [0, 0.05) is 6.61 Å². The summed E-state index contributed by atoms with van der Waals surface area (Å²) in [6.45, 7) is 3.50.